The molecule has 0 aliphatic carbocycles. The molecular weight excluding hydrogens is 496 g/mol. The van der Waals surface area contributed by atoms with Crippen molar-refractivity contribution in [2.75, 3.05) is 9.80 Å². The first-order chi connectivity index (χ1) is 20.1. The third kappa shape index (κ3) is 4.38. The highest BCUT2D eigenvalue weighted by atomic mass is 15.2. The van der Waals surface area contributed by atoms with Gasteiger partial charge in [-0.25, -0.2) is 0 Å². The summed E-state index contributed by atoms with van der Waals surface area (Å²) in [5.41, 5.74) is 11.9. The molecule has 0 unspecified atom stereocenters. The van der Waals surface area contributed by atoms with E-state index >= 15 is 0 Å². The van der Waals surface area contributed by atoms with E-state index in [2.05, 4.69) is 181 Å². The molecule has 0 atom stereocenters. The van der Waals surface area contributed by atoms with Crippen LogP contribution in [0.3, 0.4) is 0 Å². The van der Waals surface area contributed by atoms with Crippen molar-refractivity contribution in [3.8, 4) is 11.1 Å². The van der Waals surface area contributed by atoms with Crippen LogP contribution in [0, 0.1) is 0 Å². The summed E-state index contributed by atoms with van der Waals surface area (Å²) in [5, 5.41) is 0. The van der Waals surface area contributed by atoms with Gasteiger partial charge < -0.3 is 9.80 Å². The Morgan fingerprint density at radius 2 is 1.00 bits per heavy atom. The standard InChI is InChI=1S/C39H32N2/c1-39(2)35-23-12-13-24-37(35)41(32-20-10-5-11-21-32)38-28-34(25-26-36(38)39)40(31-18-8-4-9-19-31)33-22-14-17-30(27-33)29-15-6-3-7-16-29/h3-28H,1-2H3. The molecule has 2 heteroatoms. The maximum absolute atomic E-state index is 2.42. The topological polar surface area (TPSA) is 6.48 Å². The predicted octanol–water partition coefficient (Wildman–Crippen LogP) is 10.9. The molecule has 0 radical (unpaired) electrons. The average Bonchev–Trinajstić information content (AvgIpc) is 3.03. The Hall–Kier alpha value is -5.08. The van der Waals surface area contributed by atoms with Gasteiger partial charge in [0.2, 0.25) is 0 Å². The van der Waals surface area contributed by atoms with Crippen LogP contribution in [0.4, 0.5) is 34.1 Å². The van der Waals surface area contributed by atoms with Crippen LogP contribution < -0.4 is 9.80 Å². The fourth-order valence-electron chi connectivity index (χ4n) is 6.18. The SMILES string of the molecule is CC1(C)c2ccccc2N(c2ccccc2)c2cc(N(c3ccccc3)c3cccc(-c4ccccc4)c3)ccc21. The number of benzene rings is 6. The molecular formula is C39H32N2. The average molecular weight is 529 g/mol. The smallest absolute Gasteiger partial charge is 0.0523 e. The Bertz CT molecular complexity index is 1810. The second-order valence-corrected chi connectivity index (χ2v) is 11.1. The van der Waals surface area contributed by atoms with Crippen LogP contribution in [0.25, 0.3) is 11.1 Å². The Morgan fingerprint density at radius 1 is 0.439 bits per heavy atom. The molecule has 41 heavy (non-hydrogen) atoms. The van der Waals surface area contributed by atoms with Crippen molar-refractivity contribution in [3.63, 3.8) is 0 Å². The van der Waals surface area contributed by atoms with Crippen LogP contribution in [0.1, 0.15) is 25.0 Å². The lowest BCUT2D eigenvalue weighted by Crippen LogP contribution is -2.30. The molecule has 198 valence electrons. The molecule has 0 amide bonds. The maximum atomic E-state index is 2.42. The van der Waals surface area contributed by atoms with Crippen molar-refractivity contribution >= 4 is 34.1 Å². The zero-order valence-corrected chi connectivity index (χ0v) is 23.4. The molecule has 0 aromatic heterocycles. The van der Waals surface area contributed by atoms with E-state index in [1.165, 1.54) is 33.6 Å². The lowest BCUT2D eigenvalue weighted by Gasteiger charge is -2.42. The molecule has 0 fully saturated rings. The molecule has 2 nitrogen and oxygen atoms in total. The molecule has 7 rings (SSSR count). The quantitative estimate of drug-likeness (QED) is 0.220. The molecule has 1 aliphatic heterocycles. The first-order valence-corrected chi connectivity index (χ1v) is 14.2. The largest absolute Gasteiger partial charge is 0.310 e. The van der Waals surface area contributed by atoms with Gasteiger partial charge in [0, 0.05) is 28.2 Å². The first kappa shape index (κ1) is 24.9. The van der Waals surface area contributed by atoms with Gasteiger partial charge in [-0.15, -0.1) is 0 Å². The summed E-state index contributed by atoms with van der Waals surface area (Å²) in [7, 11) is 0. The van der Waals surface area contributed by atoms with Crippen LogP contribution in [0.5, 0.6) is 0 Å². The van der Waals surface area contributed by atoms with Gasteiger partial charge in [0.25, 0.3) is 0 Å². The predicted molar refractivity (Wildman–Crippen MR) is 173 cm³/mol. The van der Waals surface area contributed by atoms with Gasteiger partial charge in [0.05, 0.1) is 11.4 Å². The normalized spacial score (nSPS) is 13.3. The summed E-state index contributed by atoms with van der Waals surface area (Å²) >= 11 is 0. The highest BCUT2D eigenvalue weighted by Crippen LogP contribution is 2.53. The summed E-state index contributed by atoms with van der Waals surface area (Å²) in [4.78, 5) is 4.78. The van der Waals surface area contributed by atoms with Gasteiger partial charge in [-0.1, -0.05) is 117 Å². The summed E-state index contributed by atoms with van der Waals surface area (Å²) < 4.78 is 0. The number of rotatable bonds is 5. The molecule has 0 bridgehead atoms. The lowest BCUT2D eigenvalue weighted by molar-refractivity contribution is 0.632. The Kier molecular flexibility index (Phi) is 6.17. The number of fused-ring (bicyclic) bond motifs is 2. The number of nitrogens with zero attached hydrogens (tertiary/aromatic N) is 2. The zero-order chi connectivity index (χ0) is 27.8. The Labute approximate surface area is 242 Å². The minimum Gasteiger partial charge on any atom is -0.310 e. The molecule has 6 aromatic carbocycles. The fourth-order valence-corrected chi connectivity index (χ4v) is 6.18. The van der Waals surface area contributed by atoms with E-state index in [0.29, 0.717) is 0 Å². The summed E-state index contributed by atoms with van der Waals surface area (Å²) in [5.74, 6) is 0. The minimum absolute atomic E-state index is 0.138. The monoisotopic (exact) mass is 528 g/mol. The van der Waals surface area contributed by atoms with Gasteiger partial charge in [-0.05, 0) is 76.9 Å². The molecule has 0 spiro atoms. The Balaban J connectivity index is 1.44. The third-order valence-electron chi connectivity index (χ3n) is 8.21. The highest BCUT2D eigenvalue weighted by Gasteiger charge is 2.37. The van der Waals surface area contributed by atoms with Crippen molar-refractivity contribution < 1.29 is 0 Å². The Morgan fingerprint density at radius 3 is 1.76 bits per heavy atom. The van der Waals surface area contributed by atoms with Crippen molar-refractivity contribution in [2.24, 2.45) is 0 Å². The second kappa shape index (κ2) is 10.1. The van der Waals surface area contributed by atoms with Crippen LogP contribution in [-0.2, 0) is 5.41 Å². The number of para-hydroxylation sites is 3. The summed E-state index contributed by atoms with van der Waals surface area (Å²) in [6, 6.07) is 56.6. The van der Waals surface area contributed by atoms with E-state index < -0.39 is 0 Å². The minimum atomic E-state index is -0.138. The van der Waals surface area contributed by atoms with Gasteiger partial charge in [0.1, 0.15) is 0 Å². The van der Waals surface area contributed by atoms with Crippen molar-refractivity contribution in [1.29, 1.82) is 0 Å². The number of hydrogen-bond donors (Lipinski definition) is 0. The molecule has 1 aliphatic rings. The van der Waals surface area contributed by atoms with Crippen LogP contribution in [0.2, 0.25) is 0 Å². The van der Waals surface area contributed by atoms with E-state index in [0.717, 1.165) is 22.7 Å². The maximum Gasteiger partial charge on any atom is 0.0523 e. The van der Waals surface area contributed by atoms with E-state index in [9.17, 15) is 0 Å². The molecule has 0 saturated carbocycles. The van der Waals surface area contributed by atoms with Gasteiger partial charge in [-0.2, -0.15) is 0 Å². The van der Waals surface area contributed by atoms with Crippen molar-refractivity contribution in [3.05, 3.63) is 169 Å². The number of anilines is 6. The summed E-state index contributed by atoms with van der Waals surface area (Å²) in [6.45, 7) is 4.68. The molecule has 1 heterocycles. The van der Waals surface area contributed by atoms with Gasteiger partial charge in [0.15, 0.2) is 0 Å². The van der Waals surface area contributed by atoms with Crippen LogP contribution in [-0.4, -0.2) is 0 Å². The first-order valence-electron chi connectivity index (χ1n) is 14.2. The number of hydrogen-bond acceptors (Lipinski definition) is 2. The van der Waals surface area contributed by atoms with E-state index in [1.807, 2.05) is 0 Å². The molecule has 0 N–H and O–H groups in total. The third-order valence-corrected chi connectivity index (χ3v) is 8.21. The van der Waals surface area contributed by atoms with E-state index in [-0.39, 0.29) is 5.41 Å². The van der Waals surface area contributed by atoms with E-state index in [4.69, 9.17) is 0 Å². The van der Waals surface area contributed by atoms with Crippen LogP contribution >= 0.6 is 0 Å². The molecule has 0 saturated heterocycles. The van der Waals surface area contributed by atoms with Crippen molar-refractivity contribution in [2.45, 2.75) is 19.3 Å². The van der Waals surface area contributed by atoms with E-state index in [1.54, 1.807) is 0 Å². The zero-order valence-electron chi connectivity index (χ0n) is 23.4. The van der Waals surface area contributed by atoms with Gasteiger partial charge in [-0.3, -0.25) is 0 Å². The molecule has 6 aromatic rings. The second-order valence-electron chi connectivity index (χ2n) is 11.1. The summed E-state index contributed by atoms with van der Waals surface area (Å²) in [6.07, 6.45) is 0. The highest BCUT2D eigenvalue weighted by molar-refractivity contribution is 5.89. The van der Waals surface area contributed by atoms with Gasteiger partial charge >= 0.3 is 0 Å². The van der Waals surface area contributed by atoms with Crippen LogP contribution in [0.15, 0.2) is 158 Å². The van der Waals surface area contributed by atoms with Crippen molar-refractivity contribution in [1.82, 2.24) is 0 Å². The fraction of sp³-hybridized carbons (Fsp3) is 0.0769. The lowest BCUT2D eigenvalue weighted by atomic mass is 9.73.